The van der Waals surface area contributed by atoms with Crippen LogP contribution < -0.4 is 16.0 Å². The van der Waals surface area contributed by atoms with E-state index in [0.29, 0.717) is 16.5 Å². The number of fused-ring (bicyclic) bond motifs is 1. The molecule has 12 nitrogen and oxygen atoms in total. The number of H-pyrrole nitrogens is 1. The van der Waals surface area contributed by atoms with Gasteiger partial charge in [0.2, 0.25) is 0 Å². The summed E-state index contributed by atoms with van der Waals surface area (Å²) in [7, 11) is 0. The van der Waals surface area contributed by atoms with Gasteiger partial charge in [-0.1, -0.05) is 66.2 Å². The molecular formula is C34H31ClN6O6. The summed E-state index contributed by atoms with van der Waals surface area (Å²) < 4.78 is 5.08. The Morgan fingerprint density at radius 2 is 1.55 bits per heavy atom. The third kappa shape index (κ3) is 9.31. The van der Waals surface area contributed by atoms with E-state index in [4.69, 9.17) is 16.3 Å². The van der Waals surface area contributed by atoms with Gasteiger partial charge in [-0.2, -0.15) is 0 Å². The number of alkyl carbamates (subject to hydrolysis) is 1. The number of benzene rings is 4. The number of aromatic amines is 1. The quantitative estimate of drug-likeness (QED) is 0.117. The van der Waals surface area contributed by atoms with Crippen LogP contribution in [0.2, 0.25) is 5.02 Å². The van der Waals surface area contributed by atoms with E-state index >= 15 is 0 Å². The highest BCUT2D eigenvalue weighted by Gasteiger charge is 2.22. The van der Waals surface area contributed by atoms with Crippen molar-refractivity contribution >= 4 is 52.3 Å². The van der Waals surface area contributed by atoms with Gasteiger partial charge in [0.1, 0.15) is 18.5 Å². The zero-order valence-corrected chi connectivity index (χ0v) is 25.7. The van der Waals surface area contributed by atoms with E-state index in [2.05, 4.69) is 25.9 Å². The number of para-hydroxylation sites is 2. The van der Waals surface area contributed by atoms with Crippen LogP contribution in [0.15, 0.2) is 103 Å². The monoisotopic (exact) mass is 654 g/mol. The lowest BCUT2D eigenvalue weighted by atomic mass is 10.1. The molecule has 0 radical (unpaired) electrons. The van der Waals surface area contributed by atoms with Gasteiger partial charge in [-0.3, -0.25) is 4.79 Å². The molecule has 4 aromatic carbocycles. The lowest BCUT2D eigenvalue weighted by Crippen LogP contribution is -2.48. The molecule has 0 saturated heterocycles. The lowest BCUT2D eigenvalue weighted by Gasteiger charge is -2.22. The predicted octanol–water partition coefficient (Wildman–Crippen LogP) is 5.56. The standard InChI is InChI=1S/C34H31ClN6O6/c35-25-14-16-26(17-15-25)37-33(45)41(20-30-38-27-8-4-5-9-28(27)39-30)19-22-10-12-24(13-11-22)31(42)36-18-29(32(43)44)40-34(46)47-21-23-6-2-1-3-7-23/h1-17,29H,18-21H2,(H,36,42)(H,37,45)(H,38,39)(H,40,46)(H,43,44). The number of hydrogen-bond donors (Lipinski definition) is 5. The molecule has 1 heterocycles. The fraction of sp³-hybridized carbons (Fsp3) is 0.147. The maximum atomic E-state index is 13.4. The average molecular weight is 655 g/mol. The summed E-state index contributed by atoms with van der Waals surface area (Å²) in [5.41, 5.74) is 3.93. The van der Waals surface area contributed by atoms with Crippen LogP contribution in [-0.4, -0.2) is 56.6 Å². The topological polar surface area (TPSA) is 166 Å². The summed E-state index contributed by atoms with van der Waals surface area (Å²) in [4.78, 5) is 59.5. The first kappa shape index (κ1) is 32.5. The Labute approximate surface area is 274 Å². The van der Waals surface area contributed by atoms with Gasteiger partial charge in [0, 0.05) is 29.4 Å². The zero-order valence-electron chi connectivity index (χ0n) is 25.0. The fourth-order valence-electron chi connectivity index (χ4n) is 4.58. The van der Waals surface area contributed by atoms with Gasteiger partial charge in [0.05, 0.1) is 17.6 Å². The number of anilines is 1. The van der Waals surface area contributed by atoms with Gasteiger partial charge in [0.15, 0.2) is 0 Å². The number of nitrogens with zero attached hydrogens (tertiary/aromatic N) is 2. The van der Waals surface area contributed by atoms with Crippen LogP contribution in [-0.2, 0) is 29.2 Å². The SMILES string of the molecule is O=C(NC(CNC(=O)c1ccc(CN(Cc2nc3ccccc3[nH]2)C(=O)Nc2ccc(Cl)cc2)cc1)C(=O)O)OCc1ccccc1. The summed E-state index contributed by atoms with van der Waals surface area (Å²) in [6, 6.07) is 28.0. The summed E-state index contributed by atoms with van der Waals surface area (Å²) in [6.07, 6.45) is -0.924. The molecule has 0 aliphatic rings. The molecule has 1 aromatic heterocycles. The second-order valence-corrected chi connectivity index (χ2v) is 10.9. The first-order chi connectivity index (χ1) is 22.7. The number of rotatable bonds is 12. The van der Waals surface area contributed by atoms with Gasteiger partial charge < -0.3 is 35.7 Å². The van der Waals surface area contributed by atoms with E-state index in [1.807, 2.05) is 30.3 Å². The molecule has 1 atom stereocenters. The molecular weight excluding hydrogens is 624 g/mol. The highest BCUT2D eigenvalue weighted by molar-refractivity contribution is 6.30. The van der Waals surface area contributed by atoms with Crippen molar-refractivity contribution in [3.63, 3.8) is 0 Å². The molecule has 0 spiro atoms. The third-order valence-electron chi connectivity index (χ3n) is 7.02. The van der Waals surface area contributed by atoms with Crippen molar-refractivity contribution in [1.82, 2.24) is 25.5 Å². The van der Waals surface area contributed by atoms with Gasteiger partial charge in [0.25, 0.3) is 5.91 Å². The van der Waals surface area contributed by atoms with E-state index in [0.717, 1.165) is 22.2 Å². The molecule has 0 aliphatic carbocycles. The number of halogens is 1. The van der Waals surface area contributed by atoms with E-state index < -0.39 is 24.0 Å². The lowest BCUT2D eigenvalue weighted by molar-refractivity contribution is -0.139. The first-order valence-electron chi connectivity index (χ1n) is 14.6. The van der Waals surface area contributed by atoms with Crippen molar-refractivity contribution in [2.24, 2.45) is 0 Å². The van der Waals surface area contributed by atoms with Crippen LogP contribution >= 0.6 is 11.6 Å². The number of ether oxygens (including phenoxy) is 1. The third-order valence-corrected chi connectivity index (χ3v) is 7.27. The molecule has 0 aliphatic heterocycles. The Kier molecular flexibility index (Phi) is 10.7. The van der Waals surface area contributed by atoms with Crippen molar-refractivity contribution in [3.8, 4) is 0 Å². The van der Waals surface area contributed by atoms with Crippen LogP contribution in [0.3, 0.4) is 0 Å². The molecule has 5 N–H and O–H groups in total. The number of carboxylic acid groups (broad SMARTS) is 1. The summed E-state index contributed by atoms with van der Waals surface area (Å²) >= 11 is 5.99. The summed E-state index contributed by atoms with van der Waals surface area (Å²) in [5.74, 6) is -1.28. The molecule has 0 saturated carbocycles. The highest BCUT2D eigenvalue weighted by Crippen LogP contribution is 2.18. The summed E-state index contributed by atoms with van der Waals surface area (Å²) in [6.45, 7) is -0.0368. The number of aliphatic carboxylic acids is 1. The first-order valence-corrected chi connectivity index (χ1v) is 14.9. The maximum absolute atomic E-state index is 13.4. The zero-order chi connectivity index (χ0) is 33.2. The molecule has 4 amide bonds. The largest absolute Gasteiger partial charge is 0.480 e. The van der Waals surface area contributed by atoms with E-state index in [1.54, 1.807) is 77.7 Å². The molecule has 0 bridgehead atoms. The van der Waals surface area contributed by atoms with Crippen molar-refractivity contribution in [1.29, 1.82) is 0 Å². The second-order valence-electron chi connectivity index (χ2n) is 10.5. The Morgan fingerprint density at radius 3 is 2.26 bits per heavy atom. The van der Waals surface area contributed by atoms with Crippen LogP contribution in [0, 0.1) is 0 Å². The van der Waals surface area contributed by atoms with Crippen molar-refractivity contribution in [2.45, 2.75) is 25.7 Å². The Balaban J connectivity index is 1.20. The number of nitrogens with one attached hydrogen (secondary N) is 4. The number of carbonyl (C=O) groups is 4. The Morgan fingerprint density at radius 1 is 0.851 bits per heavy atom. The molecule has 0 fully saturated rings. The van der Waals surface area contributed by atoms with Crippen molar-refractivity contribution in [3.05, 3.63) is 131 Å². The van der Waals surface area contributed by atoms with Crippen LogP contribution in [0.4, 0.5) is 15.3 Å². The van der Waals surface area contributed by atoms with Crippen molar-refractivity contribution < 1.29 is 29.0 Å². The minimum Gasteiger partial charge on any atom is -0.480 e. The molecule has 240 valence electrons. The predicted molar refractivity (Wildman–Crippen MR) is 176 cm³/mol. The number of imidazole rings is 1. The van der Waals surface area contributed by atoms with Crippen molar-refractivity contribution in [2.75, 3.05) is 11.9 Å². The smallest absolute Gasteiger partial charge is 0.408 e. The molecule has 5 aromatic rings. The van der Waals surface area contributed by atoms with Crippen LogP contribution in [0.1, 0.15) is 27.3 Å². The number of hydrogen-bond acceptors (Lipinski definition) is 6. The van der Waals surface area contributed by atoms with E-state index in [1.165, 1.54) is 0 Å². The Hall–Kier alpha value is -5.88. The minimum absolute atomic E-state index is 0.0315. The molecule has 13 heteroatoms. The Bertz CT molecular complexity index is 1810. The van der Waals surface area contributed by atoms with Crippen LogP contribution in [0.5, 0.6) is 0 Å². The molecule has 1 unspecified atom stereocenters. The van der Waals surface area contributed by atoms with Gasteiger partial charge in [-0.05, 0) is 59.7 Å². The van der Waals surface area contributed by atoms with Gasteiger partial charge >= 0.3 is 18.1 Å². The molecule has 5 rings (SSSR count). The summed E-state index contributed by atoms with van der Waals surface area (Å²) in [5, 5.41) is 17.7. The second kappa shape index (κ2) is 15.4. The van der Waals surface area contributed by atoms with Gasteiger partial charge in [-0.15, -0.1) is 0 Å². The minimum atomic E-state index is -1.41. The highest BCUT2D eigenvalue weighted by atomic mass is 35.5. The maximum Gasteiger partial charge on any atom is 0.408 e. The van der Waals surface area contributed by atoms with Gasteiger partial charge in [-0.25, -0.2) is 19.4 Å². The normalized spacial score (nSPS) is 11.3. The van der Waals surface area contributed by atoms with E-state index in [-0.39, 0.29) is 37.8 Å². The number of urea groups is 1. The van der Waals surface area contributed by atoms with Crippen LogP contribution in [0.25, 0.3) is 11.0 Å². The van der Waals surface area contributed by atoms with E-state index in [9.17, 15) is 24.3 Å². The number of carbonyl (C=O) groups excluding carboxylic acids is 3. The number of carboxylic acids is 1. The fourth-order valence-corrected chi connectivity index (χ4v) is 4.71. The number of aromatic nitrogens is 2. The number of amides is 4. The average Bonchev–Trinajstić information content (AvgIpc) is 3.49. The molecule has 47 heavy (non-hydrogen) atoms.